The predicted octanol–water partition coefficient (Wildman–Crippen LogP) is 10.3. The zero-order valence-corrected chi connectivity index (χ0v) is 41.5. The molecule has 0 saturated carbocycles. The van der Waals surface area contributed by atoms with Gasteiger partial charge in [0.15, 0.2) is 6.29 Å². The standard InChI is InChI=1S/C54H101NO10/c1-3-5-7-9-11-13-15-17-19-21-22-23-24-26-28-30-32-34-36-38-40-42-47(58)53(63)55-45(44-64-54-52(62)51(61)50(60)48(43-56)65-54)49(59)46(57)41-39-37-35-33-31-29-27-25-20-18-16-14-12-10-8-6-4-2/h24-27,33,35,45-52,54,56-62H,3-23,28-32,34,36-44H2,1-2H3,(H,55,63)/b26-24-,27-25+,35-33+. The van der Waals surface area contributed by atoms with E-state index in [1.807, 2.05) is 0 Å². The minimum absolute atomic E-state index is 0.244. The molecule has 382 valence electrons. The van der Waals surface area contributed by atoms with Crippen molar-refractivity contribution in [2.24, 2.45) is 0 Å². The van der Waals surface area contributed by atoms with Gasteiger partial charge in [-0.05, 0) is 77.0 Å². The van der Waals surface area contributed by atoms with Crippen molar-refractivity contribution in [2.45, 2.75) is 287 Å². The highest BCUT2D eigenvalue weighted by Crippen LogP contribution is 2.23. The van der Waals surface area contributed by atoms with Crippen molar-refractivity contribution < 1.29 is 50.0 Å². The lowest BCUT2D eigenvalue weighted by atomic mass is 9.98. The molecular formula is C54H101NO10. The topological polar surface area (TPSA) is 189 Å². The molecule has 0 aromatic rings. The third kappa shape index (κ3) is 32.7. The van der Waals surface area contributed by atoms with E-state index in [9.17, 15) is 40.5 Å². The van der Waals surface area contributed by atoms with Crippen LogP contribution >= 0.6 is 0 Å². The fourth-order valence-electron chi connectivity index (χ4n) is 8.45. The molecule has 0 aromatic heterocycles. The van der Waals surface area contributed by atoms with Crippen LogP contribution in [0.3, 0.4) is 0 Å². The quantitative estimate of drug-likeness (QED) is 0.0216. The fraction of sp³-hybridized carbons (Fsp3) is 0.870. The molecule has 1 rings (SSSR count). The van der Waals surface area contributed by atoms with E-state index in [-0.39, 0.29) is 12.8 Å². The molecule has 1 aliphatic rings. The molecule has 1 fully saturated rings. The van der Waals surface area contributed by atoms with Crippen molar-refractivity contribution in [3.8, 4) is 0 Å². The Balaban J connectivity index is 2.40. The summed E-state index contributed by atoms with van der Waals surface area (Å²) in [6.07, 6.45) is 40.5. The summed E-state index contributed by atoms with van der Waals surface area (Å²) in [5.41, 5.74) is 0. The first-order valence-corrected chi connectivity index (χ1v) is 26.9. The second kappa shape index (κ2) is 43.6. The van der Waals surface area contributed by atoms with Gasteiger partial charge in [0.05, 0.1) is 25.4 Å². The first kappa shape index (κ1) is 61.3. The Morgan fingerprint density at radius 2 is 0.923 bits per heavy atom. The highest BCUT2D eigenvalue weighted by molar-refractivity contribution is 5.80. The van der Waals surface area contributed by atoms with Gasteiger partial charge < -0.3 is 50.5 Å². The number of ether oxygens (including phenoxy) is 2. The fourth-order valence-corrected chi connectivity index (χ4v) is 8.45. The zero-order chi connectivity index (χ0) is 47.6. The number of carbonyl (C=O) groups is 1. The summed E-state index contributed by atoms with van der Waals surface area (Å²) in [6.45, 7) is 3.43. The summed E-state index contributed by atoms with van der Waals surface area (Å²) < 4.78 is 11.1. The number of carbonyl (C=O) groups excluding carboxylic acids is 1. The Bertz CT molecular complexity index is 1150. The Morgan fingerprint density at radius 3 is 1.37 bits per heavy atom. The molecule has 8 N–H and O–H groups in total. The molecule has 11 heteroatoms. The molecule has 1 amide bonds. The molecule has 0 radical (unpaired) electrons. The third-order valence-electron chi connectivity index (χ3n) is 12.9. The minimum Gasteiger partial charge on any atom is -0.394 e. The molecule has 1 heterocycles. The summed E-state index contributed by atoms with van der Waals surface area (Å²) in [4.78, 5) is 13.1. The number of hydrogen-bond donors (Lipinski definition) is 8. The Hall–Kier alpha value is -1.67. The lowest BCUT2D eigenvalue weighted by Gasteiger charge is -2.40. The molecule has 65 heavy (non-hydrogen) atoms. The van der Waals surface area contributed by atoms with Crippen LogP contribution in [0.1, 0.15) is 232 Å². The number of amides is 1. The average molecular weight is 924 g/mol. The van der Waals surface area contributed by atoms with Crippen LogP contribution in [0.25, 0.3) is 0 Å². The normalized spacial score (nSPS) is 21.2. The van der Waals surface area contributed by atoms with Gasteiger partial charge in [0.25, 0.3) is 0 Å². The molecule has 1 saturated heterocycles. The van der Waals surface area contributed by atoms with E-state index in [0.717, 1.165) is 57.8 Å². The average Bonchev–Trinajstić information content (AvgIpc) is 3.31. The number of aliphatic hydroxyl groups excluding tert-OH is 7. The van der Waals surface area contributed by atoms with Crippen molar-refractivity contribution in [2.75, 3.05) is 13.2 Å². The van der Waals surface area contributed by atoms with Gasteiger partial charge in [0, 0.05) is 0 Å². The lowest BCUT2D eigenvalue weighted by Crippen LogP contribution is -2.60. The summed E-state index contributed by atoms with van der Waals surface area (Å²) >= 11 is 0. The van der Waals surface area contributed by atoms with Crippen LogP contribution in [0.5, 0.6) is 0 Å². The number of rotatable bonds is 45. The van der Waals surface area contributed by atoms with Gasteiger partial charge >= 0.3 is 0 Å². The van der Waals surface area contributed by atoms with Crippen LogP contribution in [0.15, 0.2) is 36.5 Å². The monoisotopic (exact) mass is 924 g/mol. The van der Waals surface area contributed by atoms with Crippen molar-refractivity contribution in [3.05, 3.63) is 36.5 Å². The predicted molar refractivity (Wildman–Crippen MR) is 265 cm³/mol. The lowest BCUT2D eigenvalue weighted by molar-refractivity contribution is -0.303. The van der Waals surface area contributed by atoms with Crippen molar-refractivity contribution in [3.63, 3.8) is 0 Å². The van der Waals surface area contributed by atoms with Crippen LogP contribution in [0.4, 0.5) is 0 Å². The number of nitrogens with one attached hydrogen (secondary N) is 1. The van der Waals surface area contributed by atoms with Crippen LogP contribution in [-0.2, 0) is 14.3 Å². The van der Waals surface area contributed by atoms with Gasteiger partial charge in [-0.3, -0.25) is 4.79 Å². The van der Waals surface area contributed by atoms with Gasteiger partial charge in [0.2, 0.25) is 5.91 Å². The van der Waals surface area contributed by atoms with E-state index < -0.39 is 74.2 Å². The first-order chi connectivity index (χ1) is 31.7. The maximum atomic E-state index is 13.1. The number of allylic oxidation sites excluding steroid dienone is 6. The largest absolute Gasteiger partial charge is 0.394 e. The molecule has 0 bridgehead atoms. The van der Waals surface area contributed by atoms with Crippen molar-refractivity contribution in [1.29, 1.82) is 0 Å². The summed E-state index contributed by atoms with van der Waals surface area (Å²) in [5, 5.41) is 75.9. The number of aliphatic hydroxyl groups is 7. The Labute approximate surface area is 397 Å². The van der Waals surface area contributed by atoms with Crippen LogP contribution < -0.4 is 5.32 Å². The zero-order valence-electron chi connectivity index (χ0n) is 41.5. The van der Waals surface area contributed by atoms with Gasteiger partial charge in [0.1, 0.15) is 36.6 Å². The summed E-state index contributed by atoms with van der Waals surface area (Å²) in [7, 11) is 0. The molecule has 1 aliphatic heterocycles. The third-order valence-corrected chi connectivity index (χ3v) is 12.9. The van der Waals surface area contributed by atoms with Gasteiger partial charge in [-0.2, -0.15) is 0 Å². The molecule has 11 nitrogen and oxygen atoms in total. The van der Waals surface area contributed by atoms with Crippen LogP contribution in [-0.4, -0.2) is 110 Å². The first-order valence-electron chi connectivity index (χ1n) is 26.9. The molecule has 9 atom stereocenters. The van der Waals surface area contributed by atoms with Gasteiger partial charge in [-0.25, -0.2) is 0 Å². The van der Waals surface area contributed by atoms with E-state index in [2.05, 4.69) is 55.6 Å². The molecule has 9 unspecified atom stereocenters. The van der Waals surface area contributed by atoms with Crippen molar-refractivity contribution >= 4 is 5.91 Å². The molecule has 0 aliphatic carbocycles. The van der Waals surface area contributed by atoms with E-state index in [4.69, 9.17) is 9.47 Å². The van der Waals surface area contributed by atoms with E-state index in [0.29, 0.717) is 19.3 Å². The highest BCUT2D eigenvalue weighted by atomic mass is 16.7. The van der Waals surface area contributed by atoms with E-state index in [1.54, 1.807) is 0 Å². The van der Waals surface area contributed by atoms with Gasteiger partial charge in [-0.15, -0.1) is 0 Å². The van der Waals surface area contributed by atoms with Crippen molar-refractivity contribution in [1.82, 2.24) is 5.32 Å². The highest BCUT2D eigenvalue weighted by Gasteiger charge is 2.44. The maximum Gasteiger partial charge on any atom is 0.249 e. The SMILES string of the molecule is CCCCCCCCCC/C=C/CC/C=C/CCCC(O)C(O)C(COC1OC(CO)C(O)C(O)C1O)NC(=O)C(O)CCCCCCCC/C=C\CCCCCCCCCCCCC. The molecular weight excluding hydrogens is 823 g/mol. The second-order valence-electron chi connectivity index (χ2n) is 18.9. The molecule has 0 spiro atoms. The summed E-state index contributed by atoms with van der Waals surface area (Å²) in [6, 6.07) is -1.19. The number of hydrogen-bond acceptors (Lipinski definition) is 10. The van der Waals surface area contributed by atoms with Crippen LogP contribution in [0.2, 0.25) is 0 Å². The van der Waals surface area contributed by atoms with E-state index >= 15 is 0 Å². The Kier molecular flexibility index (Phi) is 41.1. The smallest absolute Gasteiger partial charge is 0.249 e. The van der Waals surface area contributed by atoms with Gasteiger partial charge in [-0.1, -0.05) is 192 Å². The Morgan fingerprint density at radius 1 is 0.523 bits per heavy atom. The van der Waals surface area contributed by atoms with Crippen LogP contribution in [0, 0.1) is 0 Å². The minimum atomic E-state index is -1.67. The maximum absolute atomic E-state index is 13.1. The second-order valence-corrected chi connectivity index (χ2v) is 18.9. The number of unbranched alkanes of at least 4 members (excludes halogenated alkanes) is 27. The molecule has 0 aromatic carbocycles. The van der Waals surface area contributed by atoms with E-state index in [1.165, 1.54) is 128 Å². The summed E-state index contributed by atoms with van der Waals surface area (Å²) in [5.74, 6) is -0.714.